The van der Waals surface area contributed by atoms with E-state index < -0.39 is 21.9 Å². The van der Waals surface area contributed by atoms with Crippen molar-refractivity contribution in [3.05, 3.63) is 55.6 Å². The lowest BCUT2D eigenvalue weighted by Gasteiger charge is -2.11. The SMILES string of the molecule is CN(C(=O)c1ccccc1C(=O)N(C)[N+](=O)[O-])[N+](=O)[O-]. The third-order valence-electron chi connectivity index (χ3n) is 2.47. The lowest BCUT2D eigenvalue weighted by molar-refractivity contribution is -0.626. The Morgan fingerprint density at radius 1 is 0.900 bits per heavy atom. The zero-order valence-electron chi connectivity index (χ0n) is 10.5. The summed E-state index contributed by atoms with van der Waals surface area (Å²) in [6.07, 6.45) is 0. The molecule has 1 aromatic carbocycles. The summed E-state index contributed by atoms with van der Waals surface area (Å²) in [5, 5.41) is 19.6. The Bertz CT molecular complexity index is 536. The minimum Gasteiger partial charge on any atom is -0.263 e. The molecular weight excluding hydrogens is 272 g/mol. The zero-order valence-corrected chi connectivity index (χ0v) is 10.5. The number of hydrogen-bond donors (Lipinski definition) is 0. The van der Waals surface area contributed by atoms with Gasteiger partial charge in [-0.25, -0.2) is 20.2 Å². The van der Waals surface area contributed by atoms with Gasteiger partial charge in [0.2, 0.25) is 0 Å². The summed E-state index contributed by atoms with van der Waals surface area (Å²) in [4.78, 5) is 44.8. The van der Waals surface area contributed by atoms with E-state index in [9.17, 15) is 29.8 Å². The van der Waals surface area contributed by atoms with Crippen LogP contribution in [0, 0.1) is 20.2 Å². The normalized spacial score (nSPS) is 9.70. The average Bonchev–Trinajstić information content (AvgIpc) is 2.43. The van der Waals surface area contributed by atoms with Crippen LogP contribution >= 0.6 is 0 Å². The summed E-state index contributed by atoms with van der Waals surface area (Å²) < 4.78 is 0. The van der Waals surface area contributed by atoms with Gasteiger partial charge in [-0.15, -0.1) is 0 Å². The summed E-state index contributed by atoms with van der Waals surface area (Å²) in [5.41, 5.74) is -0.573. The highest BCUT2D eigenvalue weighted by Crippen LogP contribution is 2.13. The van der Waals surface area contributed by atoms with Crippen molar-refractivity contribution < 1.29 is 19.7 Å². The molecule has 20 heavy (non-hydrogen) atoms. The van der Waals surface area contributed by atoms with Gasteiger partial charge in [0.05, 0.1) is 25.2 Å². The van der Waals surface area contributed by atoms with E-state index in [-0.39, 0.29) is 21.1 Å². The van der Waals surface area contributed by atoms with Gasteiger partial charge >= 0.3 is 11.8 Å². The number of nitrogens with zero attached hydrogens (tertiary/aromatic N) is 4. The van der Waals surface area contributed by atoms with E-state index in [4.69, 9.17) is 0 Å². The second-order valence-corrected chi connectivity index (χ2v) is 3.68. The van der Waals surface area contributed by atoms with Gasteiger partial charge in [-0.2, -0.15) is 0 Å². The number of benzene rings is 1. The fourth-order valence-corrected chi connectivity index (χ4v) is 1.35. The molecule has 0 aliphatic carbocycles. The fraction of sp³-hybridized carbons (Fsp3) is 0.200. The molecule has 0 heterocycles. The highest BCUT2D eigenvalue weighted by molar-refractivity contribution is 6.06. The van der Waals surface area contributed by atoms with Crippen molar-refractivity contribution >= 4 is 11.8 Å². The lowest BCUT2D eigenvalue weighted by atomic mass is 10.1. The van der Waals surface area contributed by atoms with Gasteiger partial charge in [0.25, 0.3) is 0 Å². The quantitative estimate of drug-likeness (QED) is 0.573. The van der Waals surface area contributed by atoms with Crippen molar-refractivity contribution in [3.63, 3.8) is 0 Å². The monoisotopic (exact) mass is 282 g/mol. The Morgan fingerprint density at radius 2 is 1.20 bits per heavy atom. The third kappa shape index (κ3) is 2.85. The van der Waals surface area contributed by atoms with Crippen LogP contribution in [0.15, 0.2) is 24.3 Å². The summed E-state index contributed by atoms with van der Waals surface area (Å²) in [6, 6.07) is 5.15. The fourth-order valence-electron chi connectivity index (χ4n) is 1.35. The van der Waals surface area contributed by atoms with E-state index in [0.29, 0.717) is 0 Å². The second-order valence-electron chi connectivity index (χ2n) is 3.68. The number of carbonyl (C=O) groups is 2. The molecule has 0 bridgehead atoms. The van der Waals surface area contributed by atoms with Crippen LogP contribution in [-0.4, -0.2) is 46.0 Å². The molecule has 0 atom stereocenters. The van der Waals surface area contributed by atoms with Gasteiger partial charge in [-0.05, 0) is 12.1 Å². The Morgan fingerprint density at radius 3 is 1.45 bits per heavy atom. The maximum absolute atomic E-state index is 11.8. The molecule has 0 aliphatic rings. The Hall–Kier alpha value is -3.04. The lowest BCUT2D eigenvalue weighted by Crippen LogP contribution is -2.36. The molecule has 10 heteroatoms. The first-order chi connectivity index (χ1) is 9.27. The van der Waals surface area contributed by atoms with Gasteiger partial charge in [0, 0.05) is 0 Å². The van der Waals surface area contributed by atoms with E-state index >= 15 is 0 Å². The van der Waals surface area contributed by atoms with Crippen LogP contribution < -0.4 is 0 Å². The first kappa shape index (κ1) is 15.0. The Balaban J connectivity index is 3.24. The number of amides is 2. The Kier molecular flexibility index (Phi) is 4.31. The van der Waals surface area contributed by atoms with E-state index in [1.807, 2.05) is 0 Å². The summed E-state index contributed by atoms with van der Waals surface area (Å²) in [6.45, 7) is 0. The van der Waals surface area contributed by atoms with Gasteiger partial charge in [0.1, 0.15) is 0 Å². The van der Waals surface area contributed by atoms with E-state index in [1.54, 1.807) is 0 Å². The molecule has 0 spiro atoms. The maximum Gasteiger partial charge on any atom is 0.314 e. The van der Waals surface area contributed by atoms with Crippen LogP contribution in [-0.2, 0) is 0 Å². The molecule has 0 aliphatic heterocycles. The average molecular weight is 282 g/mol. The molecule has 106 valence electrons. The van der Waals surface area contributed by atoms with Gasteiger partial charge < -0.3 is 0 Å². The molecule has 0 fully saturated rings. The van der Waals surface area contributed by atoms with E-state index in [2.05, 4.69) is 0 Å². The topological polar surface area (TPSA) is 127 Å². The minimum absolute atomic E-state index is 0.193. The van der Waals surface area contributed by atoms with Crippen LogP contribution in [0.5, 0.6) is 0 Å². The number of nitro groups is 2. The predicted molar refractivity (Wildman–Crippen MR) is 64.6 cm³/mol. The summed E-state index contributed by atoms with van der Waals surface area (Å²) >= 11 is 0. The standard InChI is InChI=1S/C10H10N4O6/c1-11(13(17)18)9(15)7-5-3-4-6-8(7)10(16)12(2)14(19)20/h3-6H,1-2H3. The van der Waals surface area contributed by atoms with Gasteiger partial charge in [0.15, 0.2) is 10.1 Å². The van der Waals surface area contributed by atoms with Crippen molar-refractivity contribution in [3.8, 4) is 0 Å². The molecule has 0 radical (unpaired) electrons. The molecule has 2 amide bonds. The molecule has 0 saturated carbocycles. The molecule has 1 aromatic rings. The van der Waals surface area contributed by atoms with E-state index in [1.165, 1.54) is 24.3 Å². The molecule has 10 nitrogen and oxygen atoms in total. The first-order valence-corrected chi connectivity index (χ1v) is 5.21. The Labute approximate surface area is 112 Å². The van der Waals surface area contributed by atoms with Crippen molar-refractivity contribution in [1.29, 1.82) is 0 Å². The minimum atomic E-state index is -1.05. The maximum atomic E-state index is 11.8. The van der Waals surface area contributed by atoms with Crippen LogP contribution in [0.3, 0.4) is 0 Å². The first-order valence-electron chi connectivity index (χ1n) is 5.21. The van der Waals surface area contributed by atoms with Crippen LogP contribution in [0.1, 0.15) is 20.7 Å². The van der Waals surface area contributed by atoms with Gasteiger partial charge in [-0.3, -0.25) is 9.59 Å². The zero-order chi connectivity index (χ0) is 15.4. The number of hydrogen-bond acceptors (Lipinski definition) is 6. The van der Waals surface area contributed by atoms with Crippen molar-refractivity contribution in [2.75, 3.05) is 14.1 Å². The van der Waals surface area contributed by atoms with Gasteiger partial charge in [-0.1, -0.05) is 22.2 Å². The third-order valence-corrected chi connectivity index (χ3v) is 2.47. The highest BCUT2D eigenvalue weighted by Gasteiger charge is 2.29. The molecular formula is C10H10N4O6. The molecule has 0 saturated heterocycles. The molecule has 1 rings (SSSR count). The highest BCUT2D eigenvalue weighted by atomic mass is 16.7. The largest absolute Gasteiger partial charge is 0.314 e. The van der Waals surface area contributed by atoms with Crippen LogP contribution in [0.2, 0.25) is 0 Å². The number of carbonyl (C=O) groups excluding carboxylic acids is 2. The molecule has 0 unspecified atom stereocenters. The van der Waals surface area contributed by atoms with Crippen LogP contribution in [0.25, 0.3) is 0 Å². The van der Waals surface area contributed by atoms with E-state index in [0.717, 1.165) is 14.1 Å². The molecule has 0 aromatic heterocycles. The molecule has 0 N–H and O–H groups in total. The van der Waals surface area contributed by atoms with Crippen molar-refractivity contribution in [2.24, 2.45) is 0 Å². The predicted octanol–water partition coefficient (Wildman–Crippen LogP) is 0.214. The summed E-state index contributed by atoms with van der Waals surface area (Å²) in [7, 11) is 1.83. The second kappa shape index (κ2) is 5.73. The van der Waals surface area contributed by atoms with Crippen LogP contribution in [0.4, 0.5) is 0 Å². The van der Waals surface area contributed by atoms with Crippen molar-refractivity contribution in [1.82, 2.24) is 10.0 Å². The smallest absolute Gasteiger partial charge is 0.263 e. The summed E-state index contributed by atoms with van der Waals surface area (Å²) in [5.74, 6) is -2.09. The van der Waals surface area contributed by atoms with Crippen molar-refractivity contribution in [2.45, 2.75) is 0 Å². The number of rotatable bonds is 4. The number of hydrazine groups is 2.